The molecular weight excluding hydrogens is 312 g/mol. The van der Waals surface area contributed by atoms with Gasteiger partial charge in [0.05, 0.1) is 17.8 Å². The summed E-state index contributed by atoms with van der Waals surface area (Å²) in [5.74, 6) is -0.298. The second kappa shape index (κ2) is 7.02. The minimum Gasteiger partial charge on any atom is -0.345 e. The summed E-state index contributed by atoms with van der Waals surface area (Å²) in [5.41, 5.74) is 4.47. The molecule has 0 atom stereocenters. The number of hydrogen-bond donors (Lipinski definition) is 1. The van der Waals surface area contributed by atoms with Crippen molar-refractivity contribution in [2.75, 3.05) is 0 Å². The molecule has 0 radical (unpaired) electrons. The van der Waals surface area contributed by atoms with Crippen molar-refractivity contribution in [3.05, 3.63) is 82.9 Å². The molecule has 0 unspecified atom stereocenters. The van der Waals surface area contributed by atoms with Gasteiger partial charge in [-0.3, -0.25) is 9.78 Å². The lowest BCUT2D eigenvalue weighted by Gasteiger charge is -2.13. The number of amides is 1. The predicted octanol–water partition coefficient (Wildman–Crippen LogP) is 3.29. The van der Waals surface area contributed by atoms with Crippen molar-refractivity contribution in [2.45, 2.75) is 20.4 Å². The molecule has 3 aromatic rings. The molecule has 1 aromatic carbocycles. The Labute approximate surface area is 146 Å². The smallest absolute Gasteiger partial charge is 0.269 e. The normalized spacial score (nSPS) is 10.3. The van der Waals surface area contributed by atoms with Gasteiger partial charge in [0, 0.05) is 18.1 Å². The fraction of sp³-hybridized carbons (Fsp3) is 0.150. The Balaban J connectivity index is 1.95. The standard InChI is InChI=1S/C20H18N4O/c1-14-6-7-15(2)18(11-14)24-10-8-16(12-21)19(24)20(25)23-13-17-5-3-4-9-22-17/h3-11H,13H2,1-2H3,(H,23,25). The highest BCUT2D eigenvalue weighted by atomic mass is 16.1. The molecule has 0 bridgehead atoms. The van der Waals surface area contributed by atoms with E-state index in [1.807, 2.05) is 50.2 Å². The number of benzene rings is 1. The van der Waals surface area contributed by atoms with E-state index in [1.54, 1.807) is 23.0 Å². The number of aryl methyl sites for hydroxylation is 2. The average molecular weight is 330 g/mol. The fourth-order valence-corrected chi connectivity index (χ4v) is 2.69. The third kappa shape index (κ3) is 3.43. The SMILES string of the molecule is Cc1ccc(C)c(-n2ccc(C#N)c2C(=O)NCc2ccccn2)c1. The van der Waals surface area contributed by atoms with Crippen LogP contribution in [0.2, 0.25) is 0 Å². The molecule has 1 N–H and O–H groups in total. The van der Waals surface area contributed by atoms with E-state index in [-0.39, 0.29) is 5.91 Å². The van der Waals surface area contributed by atoms with Crippen LogP contribution in [0.15, 0.2) is 54.9 Å². The molecule has 5 heteroatoms. The average Bonchev–Trinajstić information content (AvgIpc) is 3.06. The third-order valence-electron chi connectivity index (χ3n) is 4.00. The number of nitrogens with one attached hydrogen (secondary N) is 1. The molecule has 0 aliphatic rings. The highest BCUT2D eigenvalue weighted by Crippen LogP contribution is 2.21. The molecular formula is C20H18N4O. The topological polar surface area (TPSA) is 70.7 Å². The lowest BCUT2D eigenvalue weighted by atomic mass is 10.1. The molecule has 0 saturated heterocycles. The van der Waals surface area contributed by atoms with E-state index in [1.165, 1.54) is 0 Å². The van der Waals surface area contributed by atoms with Crippen molar-refractivity contribution in [1.82, 2.24) is 14.9 Å². The van der Waals surface area contributed by atoms with Crippen LogP contribution in [-0.4, -0.2) is 15.5 Å². The van der Waals surface area contributed by atoms with Crippen LogP contribution in [-0.2, 0) is 6.54 Å². The molecule has 2 aromatic heterocycles. The van der Waals surface area contributed by atoms with E-state index in [0.717, 1.165) is 22.5 Å². The van der Waals surface area contributed by atoms with Crippen molar-refractivity contribution in [2.24, 2.45) is 0 Å². The van der Waals surface area contributed by atoms with Gasteiger partial charge in [0.1, 0.15) is 11.8 Å². The quantitative estimate of drug-likeness (QED) is 0.798. The van der Waals surface area contributed by atoms with Gasteiger partial charge in [-0.2, -0.15) is 5.26 Å². The molecule has 0 aliphatic heterocycles. The van der Waals surface area contributed by atoms with Gasteiger partial charge < -0.3 is 9.88 Å². The minimum atomic E-state index is -0.298. The monoisotopic (exact) mass is 330 g/mol. The van der Waals surface area contributed by atoms with Crippen LogP contribution in [0.25, 0.3) is 5.69 Å². The van der Waals surface area contributed by atoms with E-state index in [0.29, 0.717) is 17.8 Å². The summed E-state index contributed by atoms with van der Waals surface area (Å²) in [7, 11) is 0. The number of aromatic nitrogens is 2. The zero-order valence-corrected chi connectivity index (χ0v) is 14.2. The molecule has 3 rings (SSSR count). The number of carbonyl (C=O) groups excluding carboxylic acids is 1. The Bertz CT molecular complexity index is 952. The zero-order chi connectivity index (χ0) is 17.8. The molecule has 0 saturated carbocycles. The molecule has 5 nitrogen and oxygen atoms in total. The fourth-order valence-electron chi connectivity index (χ4n) is 2.69. The third-order valence-corrected chi connectivity index (χ3v) is 4.00. The molecule has 0 spiro atoms. The number of nitrogens with zero attached hydrogens (tertiary/aromatic N) is 3. The predicted molar refractivity (Wildman–Crippen MR) is 95.4 cm³/mol. The van der Waals surface area contributed by atoms with Crippen molar-refractivity contribution in [3.63, 3.8) is 0 Å². The van der Waals surface area contributed by atoms with Crippen molar-refractivity contribution in [3.8, 4) is 11.8 Å². The highest BCUT2D eigenvalue weighted by molar-refractivity contribution is 5.96. The molecule has 1 amide bonds. The van der Waals surface area contributed by atoms with Gasteiger partial charge in [-0.1, -0.05) is 18.2 Å². The second-order valence-corrected chi connectivity index (χ2v) is 5.85. The van der Waals surface area contributed by atoms with Gasteiger partial charge in [0.2, 0.25) is 0 Å². The van der Waals surface area contributed by atoms with E-state index in [9.17, 15) is 10.1 Å². The van der Waals surface area contributed by atoms with E-state index >= 15 is 0 Å². The summed E-state index contributed by atoms with van der Waals surface area (Å²) in [5, 5.41) is 12.2. The lowest BCUT2D eigenvalue weighted by molar-refractivity contribution is 0.0943. The van der Waals surface area contributed by atoms with Gasteiger partial charge in [-0.15, -0.1) is 0 Å². The van der Waals surface area contributed by atoms with Gasteiger partial charge in [0.15, 0.2) is 0 Å². The Morgan fingerprint density at radius 1 is 1.24 bits per heavy atom. The van der Waals surface area contributed by atoms with Crippen LogP contribution < -0.4 is 5.32 Å². The maximum atomic E-state index is 12.7. The van der Waals surface area contributed by atoms with Crippen LogP contribution in [0, 0.1) is 25.2 Å². The van der Waals surface area contributed by atoms with E-state index in [2.05, 4.69) is 16.4 Å². The van der Waals surface area contributed by atoms with Gasteiger partial charge >= 0.3 is 0 Å². The van der Waals surface area contributed by atoms with E-state index < -0.39 is 0 Å². The Hall–Kier alpha value is -3.39. The summed E-state index contributed by atoms with van der Waals surface area (Å²) in [4.78, 5) is 16.9. The molecule has 0 fully saturated rings. The van der Waals surface area contributed by atoms with Crippen LogP contribution in [0.3, 0.4) is 0 Å². The van der Waals surface area contributed by atoms with Crippen molar-refractivity contribution < 1.29 is 4.79 Å². The first-order valence-electron chi connectivity index (χ1n) is 7.97. The number of nitriles is 1. The summed E-state index contributed by atoms with van der Waals surface area (Å²) >= 11 is 0. The van der Waals surface area contributed by atoms with E-state index in [4.69, 9.17) is 0 Å². The summed E-state index contributed by atoms with van der Waals surface area (Å²) in [6.45, 7) is 4.29. The second-order valence-electron chi connectivity index (χ2n) is 5.85. The first kappa shape index (κ1) is 16.5. The summed E-state index contributed by atoms with van der Waals surface area (Å²) in [6, 6.07) is 15.3. The Kier molecular flexibility index (Phi) is 4.62. The summed E-state index contributed by atoms with van der Waals surface area (Å²) < 4.78 is 1.77. The van der Waals surface area contributed by atoms with Crippen LogP contribution in [0.1, 0.15) is 32.9 Å². The molecule has 2 heterocycles. The Morgan fingerprint density at radius 3 is 2.80 bits per heavy atom. The number of rotatable bonds is 4. The van der Waals surface area contributed by atoms with Gasteiger partial charge in [-0.25, -0.2) is 0 Å². The number of carbonyl (C=O) groups is 1. The van der Waals surface area contributed by atoms with Crippen LogP contribution in [0.4, 0.5) is 0 Å². The summed E-state index contributed by atoms with van der Waals surface area (Å²) in [6.07, 6.45) is 3.44. The zero-order valence-electron chi connectivity index (χ0n) is 14.2. The maximum Gasteiger partial charge on any atom is 0.269 e. The maximum absolute atomic E-state index is 12.7. The lowest BCUT2D eigenvalue weighted by Crippen LogP contribution is -2.26. The molecule has 124 valence electrons. The van der Waals surface area contributed by atoms with Gasteiger partial charge in [0.25, 0.3) is 5.91 Å². The van der Waals surface area contributed by atoms with Crippen molar-refractivity contribution in [1.29, 1.82) is 5.26 Å². The number of pyridine rings is 1. The number of hydrogen-bond acceptors (Lipinski definition) is 3. The molecule has 0 aliphatic carbocycles. The first-order valence-corrected chi connectivity index (χ1v) is 7.97. The minimum absolute atomic E-state index is 0.298. The van der Waals surface area contributed by atoms with Crippen molar-refractivity contribution >= 4 is 5.91 Å². The van der Waals surface area contributed by atoms with Gasteiger partial charge in [-0.05, 0) is 49.2 Å². The molecule has 25 heavy (non-hydrogen) atoms. The Morgan fingerprint density at radius 2 is 2.08 bits per heavy atom. The van der Waals surface area contributed by atoms with Crippen LogP contribution in [0.5, 0.6) is 0 Å². The highest BCUT2D eigenvalue weighted by Gasteiger charge is 2.19. The largest absolute Gasteiger partial charge is 0.345 e. The van der Waals surface area contributed by atoms with Crippen LogP contribution >= 0.6 is 0 Å². The first-order chi connectivity index (χ1) is 12.1.